The van der Waals surface area contributed by atoms with E-state index in [1.807, 2.05) is 24.3 Å². The van der Waals surface area contributed by atoms with Crippen LogP contribution in [0.4, 0.5) is 0 Å². The van der Waals surface area contributed by atoms with Gasteiger partial charge in [0.15, 0.2) is 0 Å². The van der Waals surface area contributed by atoms with E-state index in [1.54, 1.807) is 0 Å². The van der Waals surface area contributed by atoms with Gasteiger partial charge in [-0.1, -0.05) is 28.0 Å². The summed E-state index contributed by atoms with van der Waals surface area (Å²) >= 11 is 3.42. The molecule has 0 bridgehead atoms. The largest absolute Gasteiger partial charge is 0.356 e. The number of nitrogens with one attached hydrogen (secondary N) is 1. The highest BCUT2D eigenvalue weighted by Crippen LogP contribution is 2.21. The van der Waals surface area contributed by atoms with Gasteiger partial charge in [-0.25, -0.2) is 0 Å². The number of piperidine rings is 1. The summed E-state index contributed by atoms with van der Waals surface area (Å²) in [6.07, 6.45) is 2.73. The lowest BCUT2D eigenvalue weighted by molar-refractivity contribution is -0.126. The van der Waals surface area contributed by atoms with Crippen LogP contribution in [0.1, 0.15) is 32.1 Å². The Morgan fingerprint density at radius 3 is 2.72 bits per heavy atom. The highest BCUT2D eigenvalue weighted by molar-refractivity contribution is 9.10. The molecule has 1 aliphatic rings. The van der Waals surface area contributed by atoms with E-state index in [9.17, 15) is 4.79 Å². The minimum absolute atomic E-state index is 0.129. The first-order valence-corrected chi connectivity index (χ1v) is 9.53. The summed E-state index contributed by atoms with van der Waals surface area (Å²) in [5.41, 5.74) is 0.935. The van der Waals surface area contributed by atoms with Gasteiger partial charge in [-0.2, -0.15) is 4.98 Å². The van der Waals surface area contributed by atoms with Crippen LogP contribution in [-0.4, -0.2) is 40.6 Å². The standard InChI is InChI=1S/C18H23BrN4O2/c1-2-9-20-18(24)14-7-10-23(11-8-14)12-16-21-17(22-25-16)13-3-5-15(19)6-4-13/h3-6,14H,2,7-12H2,1H3,(H,20,24). The Bertz CT molecular complexity index is 693. The zero-order chi connectivity index (χ0) is 17.6. The Kier molecular flexibility index (Phi) is 6.20. The molecule has 1 aromatic carbocycles. The van der Waals surface area contributed by atoms with Crippen molar-refractivity contribution >= 4 is 21.8 Å². The van der Waals surface area contributed by atoms with Gasteiger partial charge in [0.25, 0.3) is 0 Å². The Morgan fingerprint density at radius 2 is 2.04 bits per heavy atom. The first-order valence-electron chi connectivity index (χ1n) is 8.74. The number of carbonyl (C=O) groups is 1. The number of amides is 1. The first kappa shape index (κ1) is 18.1. The minimum Gasteiger partial charge on any atom is -0.356 e. The van der Waals surface area contributed by atoms with Crippen molar-refractivity contribution in [1.82, 2.24) is 20.4 Å². The van der Waals surface area contributed by atoms with Gasteiger partial charge >= 0.3 is 0 Å². The number of aromatic nitrogens is 2. The molecule has 7 heteroatoms. The third-order valence-electron chi connectivity index (χ3n) is 4.44. The number of halogens is 1. The zero-order valence-electron chi connectivity index (χ0n) is 14.4. The second kappa shape index (κ2) is 8.58. The second-order valence-corrected chi connectivity index (χ2v) is 7.28. The summed E-state index contributed by atoms with van der Waals surface area (Å²) in [6, 6.07) is 7.83. The third kappa shape index (κ3) is 4.89. The van der Waals surface area contributed by atoms with Gasteiger partial charge in [0.05, 0.1) is 6.54 Å². The third-order valence-corrected chi connectivity index (χ3v) is 4.97. The van der Waals surface area contributed by atoms with E-state index < -0.39 is 0 Å². The molecule has 1 saturated heterocycles. The molecule has 6 nitrogen and oxygen atoms in total. The Morgan fingerprint density at radius 1 is 1.32 bits per heavy atom. The molecule has 1 aliphatic heterocycles. The van der Waals surface area contributed by atoms with E-state index in [0.29, 0.717) is 18.3 Å². The molecule has 1 fully saturated rings. The summed E-state index contributed by atoms with van der Waals surface area (Å²) in [4.78, 5) is 18.8. The summed E-state index contributed by atoms with van der Waals surface area (Å²) in [5, 5.41) is 7.06. The van der Waals surface area contributed by atoms with E-state index in [2.05, 4.69) is 43.2 Å². The van der Waals surface area contributed by atoms with Crippen molar-refractivity contribution < 1.29 is 9.32 Å². The topological polar surface area (TPSA) is 71.3 Å². The Balaban J connectivity index is 1.51. The maximum absolute atomic E-state index is 12.0. The predicted octanol–water partition coefficient (Wildman–Crippen LogP) is 3.24. The van der Waals surface area contributed by atoms with Crippen molar-refractivity contribution in [3.63, 3.8) is 0 Å². The average molecular weight is 407 g/mol. The van der Waals surface area contributed by atoms with Crippen LogP contribution in [0.3, 0.4) is 0 Å². The number of likely N-dealkylation sites (tertiary alicyclic amines) is 1. The van der Waals surface area contributed by atoms with Gasteiger partial charge in [0, 0.05) is 22.5 Å². The summed E-state index contributed by atoms with van der Waals surface area (Å²) in [7, 11) is 0. The predicted molar refractivity (Wildman–Crippen MR) is 98.7 cm³/mol. The number of nitrogens with zero attached hydrogens (tertiary/aromatic N) is 3. The molecule has 0 unspecified atom stereocenters. The van der Waals surface area contributed by atoms with Crippen molar-refractivity contribution in [2.24, 2.45) is 5.92 Å². The quantitative estimate of drug-likeness (QED) is 0.796. The van der Waals surface area contributed by atoms with Crippen LogP contribution in [0.5, 0.6) is 0 Å². The summed E-state index contributed by atoms with van der Waals surface area (Å²) in [6.45, 7) is 5.21. The maximum atomic E-state index is 12.0. The SMILES string of the molecule is CCCNC(=O)C1CCN(Cc2nc(-c3ccc(Br)cc3)no2)CC1. The van der Waals surface area contributed by atoms with Crippen LogP contribution < -0.4 is 5.32 Å². The van der Waals surface area contributed by atoms with Crippen LogP contribution in [0.15, 0.2) is 33.3 Å². The fraction of sp³-hybridized carbons (Fsp3) is 0.500. The van der Waals surface area contributed by atoms with E-state index >= 15 is 0 Å². The van der Waals surface area contributed by atoms with Gasteiger partial charge in [0.1, 0.15) is 0 Å². The Labute approximate surface area is 156 Å². The molecule has 1 aromatic heterocycles. The van der Waals surface area contributed by atoms with Gasteiger partial charge < -0.3 is 9.84 Å². The molecule has 1 amide bonds. The summed E-state index contributed by atoms with van der Waals surface area (Å²) in [5.74, 6) is 1.55. The van der Waals surface area contributed by atoms with E-state index in [0.717, 1.165) is 48.9 Å². The molecule has 0 aliphatic carbocycles. The molecule has 134 valence electrons. The smallest absolute Gasteiger partial charge is 0.241 e. The molecule has 2 heterocycles. The van der Waals surface area contributed by atoms with Gasteiger partial charge in [-0.15, -0.1) is 0 Å². The lowest BCUT2D eigenvalue weighted by Crippen LogP contribution is -2.40. The fourth-order valence-electron chi connectivity index (χ4n) is 2.97. The molecular weight excluding hydrogens is 384 g/mol. The molecule has 3 rings (SSSR count). The number of benzene rings is 1. The highest BCUT2D eigenvalue weighted by Gasteiger charge is 2.25. The lowest BCUT2D eigenvalue weighted by Gasteiger charge is -2.30. The number of rotatable bonds is 6. The molecule has 0 radical (unpaired) electrons. The molecule has 0 spiro atoms. The second-order valence-electron chi connectivity index (χ2n) is 6.36. The van der Waals surface area contributed by atoms with Crippen LogP contribution in [0, 0.1) is 5.92 Å². The molecule has 0 saturated carbocycles. The normalized spacial score (nSPS) is 16.1. The van der Waals surface area contributed by atoms with Crippen LogP contribution in [0.2, 0.25) is 0 Å². The molecule has 0 atom stereocenters. The van der Waals surface area contributed by atoms with E-state index in [4.69, 9.17) is 4.52 Å². The maximum Gasteiger partial charge on any atom is 0.241 e. The Hall–Kier alpha value is -1.73. The minimum atomic E-state index is 0.129. The number of hydrogen-bond donors (Lipinski definition) is 1. The van der Waals surface area contributed by atoms with E-state index in [-0.39, 0.29) is 11.8 Å². The molecule has 25 heavy (non-hydrogen) atoms. The van der Waals surface area contributed by atoms with Gasteiger partial charge in [0.2, 0.25) is 17.6 Å². The zero-order valence-corrected chi connectivity index (χ0v) is 16.0. The van der Waals surface area contributed by atoms with Crippen molar-refractivity contribution in [3.05, 3.63) is 34.6 Å². The van der Waals surface area contributed by atoms with Crippen molar-refractivity contribution in [1.29, 1.82) is 0 Å². The molecule has 1 N–H and O–H groups in total. The lowest BCUT2D eigenvalue weighted by atomic mass is 9.96. The van der Waals surface area contributed by atoms with Crippen molar-refractivity contribution in [3.8, 4) is 11.4 Å². The number of carbonyl (C=O) groups excluding carboxylic acids is 1. The fourth-order valence-corrected chi connectivity index (χ4v) is 3.24. The van der Waals surface area contributed by atoms with Crippen LogP contribution in [-0.2, 0) is 11.3 Å². The van der Waals surface area contributed by atoms with Crippen LogP contribution >= 0.6 is 15.9 Å². The first-order chi connectivity index (χ1) is 12.2. The average Bonchev–Trinajstić information content (AvgIpc) is 3.09. The molecule has 2 aromatic rings. The van der Waals surface area contributed by atoms with Crippen molar-refractivity contribution in [2.75, 3.05) is 19.6 Å². The van der Waals surface area contributed by atoms with Crippen molar-refractivity contribution in [2.45, 2.75) is 32.7 Å². The highest BCUT2D eigenvalue weighted by atomic mass is 79.9. The van der Waals surface area contributed by atoms with E-state index in [1.165, 1.54) is 0 Å². The molecular formula is C18H23BrN4O2. The van der Waals surface area contributed by atoms with Gasteiger partial charge in [-0.3, -0.25) is 9.69 Å². The van der Waals surface area contributed by atoms with Crippen LogP contribution in [0.25, 0.3) is 11.4 Å². The summed E-state index contributed by atoms with van der Waals surface area (Å²) < 4.78 is 6.40. The monoisotopic (exact) mass is 406 g/mol. The van der Waals surface area contributed by atoms with Gasteiger partial charge in [-0.05, 0) is 56.6 Å². The number of hydrogen-bond acceptors (Lipinski definition) is 5.